The Morgan fingerprint density at radius 1 is 1.19 bits per heavy atom. The summed E-state index contributed by atoms with van der Waals surface area (Å²) >= 11 is 0. The van der Waals surface area contributed by atoms with Crippen molar-refractivity contribution in [3.05, 3.63) is 57.9 Å². The smallest absolute Gasteiger partial charge is 0.168 e. The number of carbonyl (C=O) groups excluding carboxylic acids is 1. The van der Waals surface area contributed by atoms with E-state index < -0.39 is 0 Å². The number of aromatic hydroxyl groups is 2. The Morgan fingerprint density at radius 3 is 2.48 bits per heavy atom. The summed E-state index contributed by atoms with van der Waals surface area (Å²) in [6.07, 6.45) is 2.01. The van der Waals surface area contributed by atoms with Crippen molar-refractivity contribution in [2.45, 2.75) is 25.7 Å². The Labute approximate surface area is 121 Å². The van der Waals surface area contributed by atoms with E-state index in [0.29, 0.717) is 18.3 Å². The molecular formula is C17H15FO3. The summed E-state index contributed by atoms with van der Waals surface area (Å²) in [5.74, 6) is -0.882. The van der Waals surface area contributed by atoms with Gasteiger partial charge in [-0.3, -0.25) is 4.79 Å². The van der Waals surface area contributed by atoms with Crippen molar-refractivity contribution >= 4 is 6.29 Å². The van der Waals surface area contributed by atoms with Crippen molar-refractivity contribution in [3.63, 3.8) is 0 Å². The highest BCUT2D eigenvalue weighted by molar-refractivity contribution is 5.86. The molecule has 0 amide bonds. The fourth-order valence-corrected chi connectivity index (χ4v) is 3.28. The van der Waals surface area contributed by atoms with Gasteiger partial charge >= 0.3 is 0 Å². The van der Waals surface area contributed by atoms with E-state index in [0.717, 1.165) is 23.1 Å². The van der Waals surface area contributed by atoms with Crippen molar-refractivity contribution in [1.82, 2.24) is 0 Å². The molecule has 1 atom stereocenters. The number of fused-ring (bicyclic) bond motifs is 1. The van der Waals surface area contributed by atoms with E-state index in [4.69, 9.17) is 0 Å². The second kappa shape index (κ2) is 4.88. The Balaban J connectivity index is 2.20. The Kier molecular flexibility index (Phi) is 3.16. The summed E-state index contributed by atoms with van der Waals surface area (Å²) in [5.41, 5.74) is 3.35. The molecule has 0 bridgehead atoms. The molecule has 0 fully saturated rings. The molecule has 108 valence electrons. The van der Waals surface area contributed by atoms with Crippen LogP contribution in [0.3, 0.4) is 0 Å². The summed E-state index contributed by atoms with van der Waals surface area (Å²) < 4.78 is 13.1. The van der Waals surface area contributed by atoms with Gasteiger partial charge in [0.25, 0.3) is 0 Å². The maximum Gasteiger partial charge on any atom is 0.168 e. The molecule has 0 spiro atoms. The standard InChI is InChI=1S/C17H15FO3/c1-9-15-12(10-2-4-11(18)5-3-10)6-7-13(15)14(8-19)17(21)16(9)20/h2-5,8,12,20-21H,6-7H2,1H3. The molecule has 2 aromatic carbocycles. The highest BCUT2D eigenvalue weighted by atomic mass is 19.1. The first-order valence-corrected chi connectivity index (χ1v) is 6.82. The molecule has 1 aliphatic carbocycles. The van der Waals surface area contributed by atoms with E-state index >= 15 is 0 Å². The van der Waals surface area contributed by atoms with Crippen molar-refractivity contribution in [2.24, 2.45) is 0 Å². The molecule has 3 nitrogen and oxygen atoms in total. The van der Waals surface area contributed by atoms with Gasteiger partial charge in [-0.25, -0.2) is 4.39 Å². The number of aldehydes is 1. The van der Waals surface area contributed by atoms with Gasteiger partial charge in [-0.05, 0) is 54.2 Å². The largest absolute Gasteiger partial charge is 0.504 e. The molecule has 0 saturated carbocycles. The minimum Gasteiger partial charge on any atom is -0.504 e. The predicted octanol–water partition coefficient (Wildman–Crippen LogP) is 3.44. The van der Waals surface area contributed by atoms with E-state index in [1.807, 2.05) is 0 Å². The molecule has 0 radical (unpaired) electrons. The van der Waals surface area contributed by atoms with E-state index in [1.54, 1.807) is 19.1 Å². The molecule has 0 aliphatic heterocycles. The van der Waals surface area contributed by atoms with Crippen LogP contribution in [0.2, 0.25) is 0 Å². The van der Waals surface area contributed by atoms with Crippen LogP contribution in [0.4, 0.5) is 4.39 Å². The zero-order chi connectivity index (χ0) is 15.1. The van der Waals surface area contributed by atoms with Crippen molar-refractivity contribution in [3.8, 4) is 11.5 Å². The SMILES string of the molecule is Cc1c(O)c(O)c(C=O)c2c1C(c1ccc(F)cc1)CC2. The lowest BCUT2D eigenvalue weighted by molar-refractivity contribution is 0.111. The molecule has 2 aromatic rings. The van der Waals surface area contributed by atoms with Crippen molar-refractivity contribution in [1.29, 1.82) is 0 Å². The first-order valence-electron chi connectivity index (χ1n) is 6.82. The zero-order valence-corrected chi connectivity index (χ0v) is 11.6. The molecule has 0 heterocycles. The number of halogens is 1. The molecule has 3 rings (SSSR count). The second-order valence-electron chi connectivity index (χ2n) is 5.39. The molecule has 1 aliphatic rings. The van der Waals surface area contributed by atoms with E-state index in [9.17, 15) is 19.4 Å². The average Bonchev–Trinajstić information content (AvgIpc) is 2.91. The van der Waals surface area contributed by atoms with Gasteiger partial charge in [0.1, 0.15) is 5.82 Å². The minimum atomic E-state index is -0.346. The fourth-order valence-electron chi connectivity index (χ4n) is 3.28. The van der Waals surface area contributed by atoms with Gasteiger partial charge in [0, 0.05) is 5.92 Å². The van der Waals surface area contributed by atoms with E-state index in [2.05, 4.69) is 0 Å². The maximum absolute atomic E-state index is 13.1. The molecule has 2 N–H and O–H groups in total. The van der Waals surface area contributed by atoms with E-state index in [-0.39, 0.29) is 28.8 Å². The second-order valence-corrected chi connectivity index (χ2v) is 5.39. The third-order valence-corrected chi connectivity index (χ3v) is 4.31. The highest BCUT2D eigenvalue weighted by Crippen LogP contribution is 2.47. The van der Waals surface area contributed by atoms with Crippen LogP contribution < -0.4 is 0 Å². The van der Waals surface area contributed by atoms with Crippen molar-refractivity contribution < 1.29 is 19.4 Å². The highest BCUT2D eigenvalue weighted by Gasteiger charge is 2.31. The Morgan fingerprint density at radius 2 is 1.86 bits per heavy atom. The molecule has 21 heavy (non-hydrogen) atoms. The van der Waals surface area contributed by atoms with Crippen LogP contribution >= 0.6 is 0 Å². The first-order chi connectivity index (χ1) is 10.0. The summed E-state index contributed by atoms with van der Waals surface area (Å²) in [5, 5.41) is 19.9. The minimum absolute atomic E-state index is 0.00537. The number of phenols is 2. The van der Waals surface area contributed by atoms with Crippen LogP contribution in [-0.2, 0) is 6.42 Å². The molecule has 4 heteroatoms. The van der Waals surface area contributed by atoms with Gasteiger partial charge in [0.2, 0.25) is 0 Å². The molecule has 0 saturated heterocycles. The van der Waals surface area contributed by atoms with Gasteiger partial charge in [-0.1, -0.05) is 12.1 Å². The number of phenolic OH excluding ortho intramolecular Hbond substituents is 2. The maximum atomic E-state index is 13.1. The summed E-state index contributed by atoms with van der Waals surface area (Å²) in [4.78, 5) is 11.2. The van der Waals surface area contributed by atoms with Gasteiger partial charge in [0.15, 0.2) is 17.8 Å². The summed E-state index contributed by atoms with van der Waals surface area (Å²) in [6, 6.07) is 6.26. The number of benzene rings is 2. The van der Waals surface area contributed by atoms with Gasteiger partial charge in [0.05, 0.1) is 5.56 Å². The normalized spacial score (nSPS) is 16.8. The van der Waals surface area contributed by atoms with Crippen LogP contribution in [0, 0.1) is 12.7 Å². The fraction of sp³-hybridized carbons (Fsp3) is 0.235. The van der Waals surface area contributed by atoms with Gasteiger partial charge in [-0.2, -0.15) is 0 Å². The number of hydrogen-bond acceptors (Lipinski definition) is 3. The van der Waals surface area contributed by atoms with Crippen molar-refractivity contribution in [2.75, 3.05) is 0 Å². The third-order valence-electron chi connectivity index (χ3n) is 4.31. The van der Waals surface area contributed by atoms with Crippen LogP contribution in [-0.4, -0.2) is 16.5 Å². The lowest BCUT2D eigenvalue weighted by atomic mass is 9.88. The summed E-state index contributed by atoms with van der Waals surface area (Å²) in [7, 11) is 0. The van der Waals surface area contributed by atoms with Crippen LogP contribution in [0.25, 0.3) is 0 Å². The monoisotopic (exact) mass is 286 g/mol. The van der Waals surface area contributed by atoms with E-state index in [1.165, 1.54) is 12.1 Å². The quantitative estimate of drug-likeness (QED) is 0.657. The molecular weight excluding hydrogens is 271 g/mol. The average molecular weight is 286 g/mol. The Bertz CT molecular complexity index is 720. The number of hydrogen-bond donors (Lipinski definition) is 2. The lowest BCUT2D eigenvalue weighted by Crippen LogP contribution is -2.01. The topological polar surface area (TPSA) is 57.5 Å². The first kappa shape index (κ1) is 13.6. The van der Waals surface area contributed by atoms with Crippen LogP contribution in [0.1, 0.15) is 45.0 Å². The number of rotatable bonds is 2. The van der Waals surface area contributed by atoms with Gasteiger partial charge in [-0.15, -0.1) is 0 Å². The zero-order valence-electron chi connectivity index (χ0n) is 11.6. The third kappa shape index (κ3) is 1.98. The molecule has 0 aromatic heterocycles. The van der Waals surface area contributed by atoms with Gasteiger partial charge < -0.3 is 10.2 Å². The lowest BCUT2D eigenvalue weighted by Gasteiger charge is -2.17. The molecule has 1 unspecified atom stereocenters. The van der Waals surface area contributed by atoms with Crippen LogP contribution in [0.15, 0.2) is 24.3 Å². The number of carbonyl (C=O) groups is 1. The summed E-state index contributed by atoms with van der Waals surface area (Å²) in [6.45, 7) is 1.73. The van der Waals surface area contributed by atoms with Crippen LogP contribution in [0.5, 0.6) is 11.5 Å². The predicted molar refractivity (Wildman–Crippen MR) is 76.5 cm³/mol. The Hall–Kier alpha value is -2.36.